The maximum atomic E-state index is 13.6. The molecule has 2 amide bonds. The number of fused-ring (bicyclic) bond motifs is 1. The molecule has 1 aromatic heterocycles. The maximum absolute atomic E-state index is 13.6. The van der Waals surface area contributed by atoms with Crippen LogP contribution < -0.4 is 4.90 Å². The number of alkyl halides is 3. The molecule has 212 valence electrons. The molecule has 0 radical (unpaired) electrons. The molecular weight excluding hydrogens is 539 g/mol. The highest BCUT2D eigenvalue weighted by Gasteiger charge is 2.43. The maximum Gasteiger partial charge on any atom is 0.390 e. The summed E-state index contributed by atoms with van der Waals surface area (Å²) in [5.74, 6) is -1.47. The number of rotatable bonds is 7. The predicted molar refractivity (Wildman–Crippen MR) is 136 cm³/mol. The lowest BCUT2D eigenvalue weighted by Gasteiger charge is -2.42. The topological polar surface area (TPSA) is 111 Å². The van der Waals surface area contributed by atoms with Gasteiger partial charge in [-0.3, -0.25) is 19.3 Å². The molecule has 2 N–H and O–H groups in total. The summed E-state index contributed by atoms with van der Waals surface area (Å²) in [6, 6.07) is 8.40. The van der Waals surface area contributed by atoms with Crippen molar-refractivity contribution in [2.75, 3.05) is 31.1 Å². The first-order valence-corrected chi connectivity index (χ1v) is 13.3. The molecule has 2 atom stereocenters. The summed E-state index contributed by atoms with van der Waals surface area (Å²) in [7, 11) is 0. The number of aliphatic hydroxyl groups is 2. The van der Waals surface area contributed by atoms with Crippen LogP contribution in [-0.4, -0.2) is 82.6 Å². The molecule has 2 aliphatic heterocycles. The molecule has 9 nitrogen and oxygen atoms in total. The van der Waals surface area contributed by atoms with Crippen molar-refractivity contribution in [2.45, 2.75) is 57.8 Å². The zero-order chi connectivity index (χ0) is 28.5. The van der Waals surface area contributed by atoms with Crippen LogP contribution >= 0.6 is 11.3 Å². The lowest BCUT2D eigenvalue weighted by atomic mass is 10.0. The molecule has 1 fully saturated rings. The van der Waals surface area contributed by atoms with E-state index in [0.717, 1.165) is 21.1 Å². The molecule has 39 heavy (non-hydrogen) atoms. The Morgan fingerprint density at radius 2 is 1.79 bits per heavy atom. The van der Waals surface area contributed by atoms with Gasteiger partial charge in [0.05, 0.1) is 29.5 Å². The fraction of sp³-hybridized carbons (Fsp3) is 0.500. The van der Waals surface area contributed by atoms with Crippen LogP contribution in [0.5, 0.6) is 0 Å². The van der Waals surface area contributed by atoms with E-state index < -0.39 is 43.5 Å². The number of carbonyl (C=O) groups is 3. The second-order valence-electron chi connectivity index (χ2n) is 9.63. The number of piperidine rings is 1. The fourth-order valence-electron chi connectivity index (χ4n) is 4.84. The van der Waals surface area contributed by atoms with Gasteiger partial charge in [0.25, 0.3) is 11.8 Å². The molecule has 0 aliphatic carbocycles. The third-order valence-electron chi connectivity index (χ3n) is 6.87. The smallest absolute Gasteiger partial charge is 0.390 e. The second-order valence-corrected chi connectivity index (χ2v) is 10.6. The summed E-state index contributed by atoms with van der Waals surface area (Å²) >= 11 is 0.871. The number of esters is 1. The van der Waals surface area contributed by atoms with Gasteiger partial charge in [-0.2, -0.15) is 13.2 Å². The highest BCUT2D eigenvalue weighted by atomic mass is 32.1. The molecule has 2 aliphatic rings. The Kier molecular flexibility index (Phi) is 8.52. The van der Waals surface area contributed by atoms with Crippen molar-refractivity contribution >= 4 is 34.1 Å². The number of hydrogen-bond donors (Lipinski definition) is 2. The number of ether oxygens (including phenoxy) is 1. The van der Waals surface area contributed by atoms with E-state index in [1.165, 1.54) is 6.92 Å². The van der Waals surface area contributed by atoms with Crippen molar-refractivity contribution in [3.05, 3.63) is 51.9 Å². The number of anilines is 1. The van der Waals surface area contributed by atoms with Crippen LogP contribution in [0.2, 0.25) is 0 Å². The number of aliphatic hydroxyl groups excluding tert-OH is 2. The number of nitrogens with zero attached hydrogens (tertiary/aromatic N) is 3. The van der Waals surface area contributed by atoms with E-state index in [2.05, 4.69) is 0 Å². The van der Waals surface area contributed by atoms with Gasteiger partial charge >= 0.3 is 12.1 Å². The summed E-state index contributed by atoms with van der Waals surface area (Å²) in [6.07, 6.45) is -8.17. The fourth-order valence-corrected chi connectivity index (χ4v) is 6.15. The Hall–Kier alpha value is -3.16. The highest BCUT2D eigenvalue weighted by Crippen LogP contribution is 2.43. The van der Waals surface area contributed by atoms with E-state index in [9.17, 15) is 37.8 Å². The first kappa shape index (κ1) is 28.8. The van der Waals surface area contributed by atoms with Crippen LogP contribution in [0, 0.1) is 6.92 Å². The van der Waals surface area contributed by atoms with E-state index in [1.807, 2.05) is 0 Å². The molecule has 13 heteroatoms. The van der Waals surface area contributed by atoms with Crippen LogP contribution in [0.25, 0.3) is 0 Å². The monoisotopic (exact) mass is 569 g/mol. The van der Waals surface area contributed by atoms with Gasteiger partial charge in [0.2, 0.25) is 6.35 Å². The van der Waals surface area contributed by atoms with Crippen molar-refractivity contribution in [3.8, 4) is 0 Å². The quantitative estimate of drug-likeness (QED) is 0.492. The Balaban J connectivity index is 1.63. The lowest BCUT2D eigenvalue weighted by Crippen LogP contribution is -2.56. The minimum atomic E-state index is -4.52. The van der Waals surface area contributed by atoms with Crippen molar-refractivity contribution in [1.29, 1.82) is 0 Å². The standard InChI is InChI=1S/C26H30F3N3O6S/c1-15-20-22(35)32(14-19(34)17-6-4-3-5-7-17)25(37)31(13-10-26(27,28)29)24(20)39-21(15)23(36)30-11-8-18(9-12-30)38-16(2)33/h3-7,18-19,25,34,37H,8-14H2,1-2H3. The molecule has 0 spiro atoms. The summed E-state index contributed by atoms with van der Waals surface area (Å²) in [5, 5.41) is 21.8. The van der Waals surface area contributed by atoms with Gasteiger partial charge in [0, 0.05) is 39.4 Å². The molecule has 3 heterocycles. The third kappa shape index (κ3) is 6.36. The number of benzene rings is 1. The average Bonchev–Trinajstić information content (AvgIpc) is 3.22. The Morgan fingerprint density at radius 3 is 2.38 bits per heavy atom. The van der Waals surface area contributed by atoms with E-state index in [0.29, 0.717) is 37.1 Å². The summed E-state index contributed by atoms with van der Waals surface area (Å²) in [4.78, 5) is 42.0. The van der Waals surface area contributed by atoms with Crippen LogP contribution in [0.4, 0.5) is 18.2 Å². The van der Waals surface area contributed by atoms with Crippen LogP contribution in [0.15, 0.2) is 30.3 Å². The van der Waals surface area contributed by atoms with Crippen LogP contribution in [0.3, 0.4) is 0 Å². The van der Waals surface area contributed by atoms with Crippen LogP contribution in [0.1, 0.15) is 63.4 Å². The molecule has 0 bridgehead atoms. The van der Waals surface area contributed by atoms with Gasteiger partial charge in [-0.25, -0.2) is 0 Å². The largest absolute Gasteiger partial charge is 0.462 e. The zero-order valence-electron chi connectivity index (χ0n) is 21.5. The van der Waals surface area contributed by atoms with Crippen molar-refractivity contribution < 1.29 is 42.5 Å². The second kappa shape index (κ2) is 11.5. The number of amides is 2. The summed E-state index contributed by atoms with van der Waals surface area (Å²) in [5.41, 5.74) is 0.807. The normalized spacial score (nSPS) is 19.2. The van der Waals surface area contributed by atoms with Gasteiger partial charge in [-0.05, 0) is 18.1 Å². The van der Waals surface area contributed by atoms with Crippen molar-refractivity contribution in [3.63, 3.8) is 0 Å². The Bertz CT molecular complexity index is 1210. The van der Waals surface area contributed by atoms with Gasteiger partial charge < -0.3 is 24.7 Å². The molecular formula is C26H30F3N3O6S. The minimum absolute atomic E-state index is 0.0332. The number of carbonyl (C=O) groups excluding carboxylic acids is 3. The number of halogens is 3. The lowest BCUT2D eigenvalue weighted by molar-refractivity contribution is -0.148. The van der Waals surface area contributed by atoms with E-state index in [1.54, 1.807) is 42.2 Å². The summed E-state index contributed by atoms with van der Waals surface area (Å²) in [6.45, 7) is 2.47. The third-order valence-corrected chi connectivity index (χ3v) is 8.18. The van der Waals surface area contributed by atoms with E-state index in [4.69, 9.17) is 4.74 Å². The average molecular weight is 570 g/mol. The van der Waals surface area contributed by atoms with E-state index >= 15 is 0 Å². The number of hydrogen-bond acceptors (Lipinski definition) is 8. The number of β-amino-alcohol motifs (C(OH)–C–C–N with tert-alkyl or cyclic N) is 1. The molecule has 4 rings (SSSR count). The molecule has 1 aromatic carbocycles. The molecule has 2 aromatic rings. The molecule has 2 unspecified atom stereocenters. The highest BCUT2D eigenvalue weighted by molar-refractivity contribution is 7.18. The first-order valence-electron chi connectivity index (χ1n) is 12.5. The Morgan fingerprint density at radius 1 is 1.15 bits per heavy atom. The van der Waals surface area contributed by atoms with E-state index in [-0.39, 0.29) is 34.0 Å². The van der Waals surface area contributed by atoms with Crippen molar-refractivity contribution in [2.24, 2.45) is 0 Å². The molecule has 0 saturated carbocycles. The number of likely N-dealkylation sites (tertiary alicyclic amines) is 1. The van der Waals surface area contributed by atoms with Gasteiger partial charge in [0.15, 0.2) is 0 Å². The zero-order valence-corrected chi connectivity index (χ0v) is 22.3. The summed E-state index contributed by atoms with van der Waals surface area (Å²) < 4.78 is 44.7. The van der Waals surface area contributed by atoms with Gasteiger partial charge in [0.1, 0.15) is 11.1 Å². The molecule has 1 saturated heterocycles. The Labute approximate surface area is 227 Å². The minimum Gasteiger partial charge on any atom is -0.462 e. The van der Waals surface area contributed by atoms with Gasteiger partial charge in [-0.1, -0.05) is 30.3 Å². The van der Waals surface area contributed by atoms with Gasteiger partial charge in [-0.15, -0.1) is 11.3 Å². The number of thiophene rings is 1. The predicted octanol–water partition coefficient (Wildman–Crippen LogP) is 3.45. The van der Waals surface area contributed by atoms with Crippen LogP contribution in [-0.2, 0) is 9.53 Å². The SMILES string of the molecule is CC(=O)OC1CCN(C(=O)c2sc3c(c2C)C(=O)N(CC(O)c2ccccc2)C(O)N3CCC(F)(F)F)CC1. The van der Waals surface area contributed by atoms with Crippen molar-refractivity contribution in [1.82, 2.24) is 9.80 Å². The first-order chi connectivity index (χ1) is 18.4.